The van der Waals surface area contributed by atoms with E-state index in [4.69, 9.17) is 9.10 Å². The van der Waals surface area contributed by atoms with Gasteiger partial charge in [-0.25, -0.2) is 4.57 Å². The fourth-order valence-corrected chi connectivity index (χ4v) is 4.12. The first-order chi connectivity index (χ1) is 13.4. The van der Waals surface area contributed by atoms with E-state index in [2.05, 4.69) is 45.0 Å². The molecule has 2 heteroatoms. The Kier molecular flexibility index (Phi) is 2.90. The van der Waals surface area contributed by atoms with Gasteiger partial charge in [0.1, 0.15) is 7.05 Å². The third-order valence-electron chi connectivity index (χ3n) is 5.71. The molecule has 132 valence electrons. The van der Waals surface area contributed by atoms with Gasteiger partial charge >= 0.3 is 0 Å². The highest BCUT2D eigenvalue weighted by Gasteiger charge is 2.38. The summed E-state index contributed by atoms with van der Waals surface area (Å²) in [5, 5.41) is 0. The first kappa shape index (κ1) is 13.7. The number of aryl methyl sites for hydroxylation is 5. The molecule has 0 N–H and O–H groups in total. The Bertz CT molecular complexity index is 1160. The van der Waals surface area contributed by atoms with Gasteiger partial charge in [-0.1, -0.05) is 26.0 Å². The summed E-state index contributed by atoms with van der Waals surface area (Å²) < 4.78 is 25.3. The number of benzene rings is 1. The van der Waals surface area contributed by atoms with Crippen molar-refractivity contribution >= 4 is 0 Å². The third-order valence-corrected chi connectivity index (χ3v) is 5.71. The molecule has 0 spiro atoms. The third kappa shape index (κ3) is 2.32. The van der Waals surface area contributed by atoms with Crippen molar-refractivity contribution in [2.24, 2.45) is 7.05 Å². The van der Waals surface area contributed by atoms with Crippen LogP contribution < -0.4 is 4.57 Å². The Balaban J connectivity index is 1.93. The molecule has 1 aliphatic carbocycles. The molecule has 2 nitrogen and oxygen atoms in total. The van der Waals surface area contributed by atoms with Crippen molar-refractivity contribution in [3.8, 4) is 22.4 Å². The molecular formula is C24H27N2+. The van der Waals surface area contributed by atoms with Crippen LogP contribution in [0.2, 0.25) is 0 Å². The van der Waals surface area contributed by atoms with Crippen LogP contribution in [-0.2, 0) is 12.5 Å². The van der Waals surface area contributed by atoms with E-state index in [0.29, 0.717) is 5.56 Å². The Labute approximate surface area is 160 Å². The molecule has 0 atom stereocenters. The largest absolute Gasteiger partial charge is 0.257 e. The molecule has 0 bridgehead atoms. The average Bonchev–Trinajstić information content (AvgIpc) is 2.82. The second kappa shape index (κ2) is 5.51. The second-order valence-corrected chi connectivity index (χ2v) is 8.05. The summed E-state index contributed by atoms with van der Waals surface area (Å²) in [5.41, 5.74) is 10.2. The lowest BCUT2D eigenvalue weighted by molar-refractivity contribution is -0.660. The second-order valence-electron chi connectivity index (χ2n) is 8.05. The smallest absolute Gasteiger partial charge is 0.212 e. The number of hydrogen-bond donors (Lipinski definition) is 0. The molecule has 1 aromatic carbocycles. The van der Waals surface area contributed by atoms with E-state index in [9.17, 15) is 0 Å². The standard InChI is InChI=1S/C24H27N2/c1-14-11-22(26(7)13-16(14)3)19-12-21-20(10-15(19)2)18-9-8-17(4)25-23(18)24(21,5)6/h8-13H,1-7H3/q+1/i3D3. The van der Waals surface area contributed by atoms with Crippen LogP contribution in [0.15, 0.2) is 36.5 Å². The lowest BCUT2D eigenvalue weighted by Gasteiger charge is -2.21. The maximum atomic E-state index is 7.78. The number of nitrogens with zero attached hydrogens (tertiary/aromatic N) is 2. The highest BCUT2D eigenvalue weighted by molar-refractivity contribution is 5.83. The highest BCUT2D eigenvalue weighted by atomic mass is 14.9. The van der Waals surface area contributed by atoms with Crippen LogP contribution in [0.4, 0.5) is 0 Å². The van der Waals surface area contributed by atoms with Crippen molar-refractivity contribution in [1.29, 1.82) is 0 Å². The topological polar surface area (TPSA) is 16.8 Å². The SMILES string of the molecule is [2H]C([2H])([2H])c1c[n+](C)c(-c2cc3c(cc2C)-c2ccc(C)nc2C3(C)C)cc1C. The molecule has 26 heavy (non-hydrogen) atoms. The molecule has 3 aromatic rings. The Morgan fingerprint density at radius 2 is 1.69 bits per heavy atom. The minimum absolute atomic E-state index is 0.175. The van der Waals surface area contributed by atoms with Crippen molar-refractivity contribution in [3.05, 3.63) is 70.2 Å². The molecule has 2 aromatic heterocycles. The minimum Gasteiger partial charge on any atom is -0.257 e. The van der Waals surface area contributed by atoms with E-state index in [-0.39, 0.29) is 5.41 Å². The van der Waals surface area contributed by atoms with Gasteiger partial charge in [0.25, 0.3) is 0 Å². The molecule has 0 saturated carbocycles. The molecule has 0 radical (unpaired) electrons. The predicted molar refractivity (Wildman–Crippen MR) is 107 cm³/mol. The zero-order chi connectivity index (χ0) is 21.3. The molecule has 0 aliphatic heterocycles. The van der Waals surface area contributed by atoms with Gasteiger partial charge in [-0.05, 0) is 62.0 Å². The van der Waals surface area contributed by atoms with Gasteiger partial charge in [0, 0.05) is 38.0 Å². The molecule has 2 heterocycles. The van der Waals surface area contributed by atoms with Gasteiger partial charge in [0.15, 0.2) is 6.20 Å². The summed E-state index contributed by atoms with van der Waals surface area (Å²) in [6, 6.07) is 10.8. The van der Waals surface area contributed by atoms with Crippen molar-refractivity contribution in [3.63, 3.8) is 0 Å². The van der Waals surface area contributed by atoms with E-state index in [1.54, 1.807) is 6.20 Å². The monoisotopic (exact) mass is 346 g/mol. The minimum atomic E-state index is -2.11. The number of fused-ring (bicyclic) bond motifs is 3. The van der Waals surface area contributed by atoms with E-state index in [1.807, 2.05) is 31.5 Å². The van der Waals surface area contributed by atoms with E-state index in [0.717, 1.165) is 28.2 Å². The lowest BCUT2D eigenvalue weighted by Crippen LogP contribution is -2.31. The van der Waals surface area contributed by atoms with E-state index < -0.39 is 6.85 Å². The summed E-state index contributed by atoms with van der Waals surface area (Å²) in [4.78, 5) is 4.86. The van der Waals surface area contributed by atoms with Crippen molar-refractivity contribution in [1.82, 2.24) is 4.98 Å². The number of rotatable bonds is 1. The molecule has 0 amide bonds. The number of hydrogen-bond acceptors (Lipinski definition) is 1. The Morgan fingerprint density at radius 1 is 0.923 bits per heavy atom. The first-order valence-corrected chi connectivity index (χ1v) is 9.06. The van der Waals surface area contributed by atoms with Gasteiger partial charge in [0.2, 0.25) is 5.69 Å². The molecule has 0 unspecified atom stereocenters. The summed E-state index contributed by atoms with van der Waals surface area (Å²) in [7, 11) is 1.92. The van der Waals surface area contributed by atoms with Gasteiger partial charge < -0.3 is 0 Å². The van der Waals surface area contributed by atoms with Crippen LogP contribution >= 0.6 is 0 Å². The quantitative estimate of drug-likeness (QED) is 0.559. The Hall–Kier alpha value is -2.48. The highest BCUT2D eigenvalue weighted by Crippen LogP contribution is 2.49. The fourth-order valence-electron chi connectivity index (χ4n) is 4.12. The predicted octanol–water partition coefficient (Wildman–Crippen LogP) is 5.11. The summed E-state index contributed by atoms with van der Waals surface area (Å²) in [5.74, 6) is 0. The summed E-state index contributed by atoms with van der Waals surface area (Å²) in [6.45, 7) is 8.37. The lowest BCUT2D eigenvalue weighted by atomic mass is 9.83. The summed E-state index contributed by atoms with van der Waals surface area (Å²) >= 11 is 0. The fraction of sp³-hybridized carbons (Fsp3) is 0.333. The van der Waals surface area contributed by atoms with Gasteiger partial charge in [0.05, 0.1) is 5.69 Å². The molecular weight excluding hydrogens is 316 g/mol. The number of aromatic nitrogens is 2. The van der Waals surface area contributed by atoms with Gasteiger partial charge in [-0.3, -0.25) is 4.98 Å². The van der Waals surface area contributed by atoms with Crippen LogP contribution in [-0.4, -0.2) is 4.98 Å². The summed E-state index contributed by atoms with van der Waals surface area (Å²) in [6.07, 6.45) is 1.75. The van der Waals surface area contributed by atoms with Crippen molar-refractivity contribution in [2.75, 3.05) is 0 Å². The maximum absolute atomic E-state index is 7.78. The zero-order valence-corrected chi connectivity index (χ0v) is 16.4. The molecule has 4 rings (SSSR count). The maximum Gasteiger partial charge on any atom is 0.212 e. The van der Waals surface area contributed by atoms with E-state index in [1.165, 1.54) is 22.3 Å². The van der Waals surface area contributed by atoms with Crippen molar-refractivity contribution in [2.45, 2.75) is 46.9 Å². The van der Waals surface area contributed by atoms with Gasteiger partial charge in [-0.15, -0.1) is 0 Å². The average molecular weight is 347 g/mol. The number of pyridine rings is 2. The van der Waals surface area contributed by atoms with Crippen LogP contribution in [0.3, 0.4) is 0 Å². The molecule has 1 aliphatic rings. The van der Waals surface area contributed by atoms with Gasteiger partial charge in [-0.2, -0.15) is 0 Å². The Morgan fingerprint density at radius 3 is 2.42 bits per heavy atom. The molecule has 0 fully saturated rings. The van der Waals surface area contributed by atoms with Crippen LogP contribution in [0.25, 0.3) is 22.4 Å². The van der Waals surface area contributed by atoms with Crippen molar-refractivity contribution < 1.29 is 8.68 Å². The van der Waals surface area contributed by atoms with Crippen LogP contribution in [0.1, 0.15) is 51.6 Å². The van der Waals surface area contributed by atoms with Crippen LogP contribution in [0, 0.1) is 27.6 Å². The molecule has 0 saturated heterocycles. The zero-order valence-electron chi connectivity index (χ0n) is 19.4. The van der Waals surface area contributed by atoms with E-state index >= 15 is 0 Å². The normalized spacial score (nSPS) is 16.5. The van der Waals surface area contributed by atoms with Crippen LogP contribution in [0.5, 0.6) is 0 Å². The first-order valence-electron chi connectivity index (χ1n) is 10.6.